The van der Waals surface area contributed by atoms with Crippen LogP contribution < -0.4 is 9.80 Å². The first-order chi connectivity index (χ1) is 36.3. The van der Waals surface area contributed by atoms with Crippen LogP contribution in [0.1, 0.15) is 63.8 Å². The topological polar surface area (TPSA) is 32.8 Å². The molecule has 0 atom stereocenters. The Labute approximate surface area is 438 Å². The Hall–Kier alpha value is -8.60. The van der Waals surface area contributed by atoms with Gasteiger partial charge in [-0.15, -0.1) is 0 Å². The fourth-order valence-corrected chi connectivity index (χ4v) is 14.1. The lowest BCUT2D eigenvalue weighted by Gasteiger charge is -2.53. The highest BCUT2D eigenvalue weighted by molar-refractivity contribution is 6.24. The van der Waals surface area contributed by atoms with E-state index in [-0.39, 0.29) is 10.8 Å². The maximum atomic E-state index is 6.92. The van der Waals surface area contributed by atoms with Crippen LogP contribution >= 0.6 is 0 Å². The third-order valence-electron chi connectivity index (χ3n) is 16.8. The van der Waals surface area contributed by atoms with Gasteiger partial charge in [-0.1, -0.05) is 193 Å². The second-order valence-corrected chi connectivity index (χ2v) is 22.9. The van der Waals surface area contributed by atoms with E-state index in [0.717, 1.165) is 78.0 Å². The van der Waals surface area contributed by atoms with E-state index in [4.69, 9.17) is 8.83 Å². The third-order valence-corrected chi connectivity index (χ3v) is 16.8. The molecule has 75 heavy (non-hydrogen) atoms. The van der Waals surface area contributed by atoms with E-state index in [1.807, 2.05) is 0 Å². The molecule has 0 N–H and O–H groups in total. The normalized spacial score (nSPS) is 13.4. The van der Waals surface area contributed by atoms with Crippen LogP contribution in [0, 0.1) is 24.7 Å². The molecule has 1 aliphatic rings. The van der Waals surface area contributed by atoms with Crippen molar-refractivity contribution >= 4 is 110 Å². The fourth-order valence-electron chi connectivity index (χ4n) is 14.1. The van der Waals surface area contributed by atoms with Crippen molar-refractivity contribution < 1.29 is 8.83 Å². The zero-order valence-corrected chi connectivity index (χ0v) is 43.8. The van der Waals surface area contributed by atoms with Crippen molar-refractivity contribution in [1.29, 1.82) is 0 Å². The summed E-state index contributed by atoms with van der Waals surface area (Å²) >= 11 is 0. The Morgan fingerprint density at radius 2 is 0.773 bits per heavy atom. The Balaban J connectivity index is 1.10. The Morgan fingerprint density at radius 1 is 0.333 bits per heavy atom. The predicted octanol–water partition coefficient (Wildman–Crippen LogP) is 20.9. The van der Waals surface area contributed by atoms with Crippen LogP contribution in [0.25, 0.3) is 87.3 Å². The Kier molecular flexibility index (Phi) is 9.73. The lowest BCUT2D eigenvalue weighted by Crippen LogP contribution is -2.50. The standard InChI is InChI=1S/C71H58N2O2/c1-43-23-9-17-33-57(43)72(59-35-21-31-53-48-27-15-19-37-62(48)74-67(53)59)45-39-40-52-55(41-45)46-25-11-13-29-50(46)65-64-51-30-14-12-26-47(51)61(42-56(64)71(66(52)65,69(3,4)5)70(6,7)8)73(58-34-18-10-24-44(58)2)60-36-22-32-54-49-28-16-20-38-63(49)75-68(54)60/h9-42H,1-8H3. The number of nitrogens with zero attached hydrogens (tertiary/aromatic N) is 2. The van der Waals surface area contributed by atoms with Gasteiger partial charge in [0, 0.05) is 49.4 Å². The monoisotopic (exact) mass is 970 g/mol. The first kappa shape index (κ1) is 45.0. The van der Waals surface area contributed by atoms with Crippen molar-refractivity contribution in [2.45, 2.75) is 60.8 Å². The number of rotatable bonds is 6. The molecule has 0 aliphatic heterocycles. The third kappa shape index (κ3) is 6.29. The average molecular weight is 971 g/mol. The van der Waals surface area contributed by atoms with Crippen molar-refractivity contribution in [2.24, 2.45) is 10.8 Å². The summed E-state index contributed by atoms with van der Waals surface area (Å²) < 4.78 is 13.7. The molecule has 13 aromatic rings. The predicted molar refractivity (Wildman–Crippen MR) is 317 cm³/mol. The quantitative estimate of drug-likeness (QED) is 0.155. The van der Waals surface area contributed by atoms with Gasteiger partial charge in [0.2, 0.25) is 0 Å². The molecule has 2 heterocycles. The van der Waals surface area contributed by atoms with Crippen LogP contribution in [0.2, 0.25) is 0 Å². The highest BCUT2D eigenvalue weighted by atomic mass is 16.3. The summed E-state index contributed by atoms with van der Waals surface area (Å²) in [5, 5.41) is 11.8. The summed E-state index contributed by atoms with van der Waals surface area (Å²) in [7, 11) is 0. The van der Waals surface area contributed by atoms with Crippen molar-refractivity contribution in [3.8, 4) is 11.1 Å². The van der Waals surface area contributed by atoms with E-state index in [2.05, 4.69) is 271 Å². The maximum absolute atomic E-state index is 6.92. The fraction of sp³-hybridized carbons (Fsp3) is 0.155. The Bertz CT molecular complexity index is 4480. The van der Waals surface area contributed by atoms with Gasteiger partial charge in [-0.3, -0.25) is 0 Å². The summed E-state index contributed by atoms with van der Waals surface area (Å²) in [6.45, 7) is 19.3. The van der Waals surface area contributed by atoms with Crippen LogP contribution in [0.5, 0.6) is 0 Å². The van der Waals surface area contributed by atoms with E-state index in [1.165, 1.54) is 65.7 Å². The number of para-hydroxylation sites is 6. The molecule has 0 saturated carbocycles. The minimum absolute atomic E-state index is 0.282. The maximum Gasteiger partial charge on any atom is 0.159 e. The molecule has 0 amide bonds. The van der Waals surface area contributed by atoms with Crippen molar-refractivity contribution in [2.75, 3.05) is 9.80 Å². The van der Waals surface area contributed by atoms with Gasteiger partial charge in [0.25, 0.3) is 0 Å². The molecule has 4 nitrogen and oxygen atoms in total. The molecule has 0 unspecified atom stereocenters. The van der Waals surface area contributed by atoms with Crippen LogP contribution in [0.3, 0.4) is 0 Å². The number of furan rings is 2. The van der Waals surface area contributed by atoms with Crippen LogP contribution in [0.15, 0.2) is 215 Å². The molecule has 0 bridgehead atoms. The van der Waals surface area contributed by atoms with E-state index in [0.29, 0.717) is 0 Å². The second-order valence-electron chi connectivity index (χ2n) is 22.9. The molecule has 2 aromatic heterocycles. The average Bonchev–Trinajstić information content (AvgIpc) is 4.25. The zero-order chi connectivity index (χ0) is 51.1. The summed E-state index contributed by atoms with van der Waals surface area (Å²) in [6.07, 6.45) is 0. The summed E-state index contributed by atoms with van der Waals surface area (Å²) in [4.78, 5) is 4.91. The van der Waals surface area contributed by atoms with Gasteiger partial charge < -0.3 is 18.6 Å². The highest BCUT2D eigenvalue weighted by Gasteiger charge is 2.59. The molecule has 364 valence electrons. The number of hydrogen-bond donors (Lipinski definition) is 0. The zero-order valence-electron chi connectivity index (χ0n) is 43.8. The summed E-state index contributed by atoms with van der Waals surface area (Å²) in [6, 6.07) is 75.7. The van der Waals surface area contributed by atoms with E-state index < -0.39 is 5.41 Å². The molecule has 0 radical (unpaired) electrons. The second kappa shape index (κ2) is 16.2. The SMILES string of the molecule is Cc1ccccc1N(c1ccc2c3c(c4ccccc4c2c1)-c1c(cc(N(c2ccccc2C)c2cccc4c2oc2ccccc24)c2ccccc12)C3(C(C)(C)C)C(C)(C)C)c1cccc2c1oc1ccccc12. The van der Waals surface area contributed by atoms with Crippen molar-refractivity contribution in [1.82, 2.24) is 0 Å². The minimum Gasteiger partial charge on any atom is -0.454 e. The molecule has 11 aromatic carbocycles. The summed E-state index contributed by atoms with van der Waals surface area (Å²) in [5.41, 5.74) is 16.6. The molecule has 1 aliphatic carbocycles. The molecular formula is C71H58N2O2. The number of benzene rings is 11. The van der Waals surface area contributed by atoms with E-state index in [1.54, 1.807) is 0 Å². The lowest BCUT2D eigenvalue weighted by molar-refractivity contribution is 0.0965. The lowest BCUT2D eigenvalue weighted by atomic mass is 9.49. The highest BCUT2D eigenvalue weighted by Crippen LogP contribution is 2.69. The summed E-state index contributed by atoms with van der Waals surface area (Å²) in [5.74, 6) is 0. The van der Waals surface area contributed by atoms with Gasteiger partial charge in [-0.2, -0.15) is 0 Å². The van der Waals surface area contributed by atoms with Crippen LogP contribution in [-0.4, -0.2) is 0 Å². The molecule has 4 heteroatoms. The number of anilines is 6. The molecule has 0 fully saturated rings. The first-order valence-electron chi connectivity index (χ1n) is 26.4. The molecule has 0 spiro atoms. The first-order valence-corrected chi connectivity index (χ1v) is 26.4. The smallest absolute Gasteiger partial charge is 0.159 e. The van der Waals surface area contributed by atoms with Crippen LogP contribution in [-0.2, 0) is 5.41 Å². The van der Waals surface area contributed by atoms with Gasteiger partial charge >= 0.3 is 0 Å². The molecule has 0 saturated heterocycles. The molecular weight excluding hydrogens is 913 g/mol. The van der Waals surface area contributed by atoms with Gasteiger partial charge in [0.1, 0.15) is 11.2 Å². The van der Waals surface area contributed by atoms with Gasteiger partial charge in [0.05, 0.1) is 17.1 Å². The van der Waals surface area contributed by atoms with E-state index >= 15 is 0 Å². The van der Waals surface area contributed by atoms with Gasteiger partial charge in [-0.05, 0) is 140 Å². The van der Waals surface area contributed by atoms with Gasteiger partial charge in [0.15, 0.2) is 11.2 Å². The largest absolute Gasteiger partial charge is 0.454 e. The van der Waals surface area contributed by atoms with E-state index in [9.17, 15) is 0 Å². The number of aryl methyl sites for hydroxylation is 2. The minimum atomic E-state index is -0.508. The van der Waals surface area contributed by atoms with Crippen LogP contribution in [0.4, 0.5) is 34.1 Å². The molecule has 14 rings (SSSR count). The van der Waals surface area contributed by atoms with Crippen molar-refractivity contribution in [3.63, 3.8) is 0 Å². The number of fused-ring (bicyclic) bond motifs is 16. The number of hydrogen-bond acceptors (Lipinski definition) is 4. The Morgan fingerprint density at radius 3 is 1.33 bits per heavy atom. The van der Waals surface area contributed by atoms with Gasteiger partial charge in [-0.25, -0.2) is 0 Å². The van der Waals surface area contributed by atoms with Crippen molar-refractivity contribution in [3.05, 3.63) is 229 Å².